The van der Waals surface area contributed by atoms with E-state index in [1.54, 1.807) is 24.3 Å². The first kappa shape index (κ1) is 19.5. The summed E-state index contributed by atoms with van der Waals surface area (Å²) in [6.07, 6.45) is 3.20. The van der Waals surface area contributed by atoms with Crippen molar-refractivity contribution >= 4 is 11.7 Å². The van der Waals surface area contributed by atoms with Gasteiger partial charge in [0.1, 0.15) is 18.5 Å². The number of nitrogens with one attached hydrogen (secondary N) is 1. The number of carbonyl (C=O) groups is 1. The Morgan fingerprint density at radius 1 is 1.25 bits per heavy atom. The molecule has 0 fully saturated rings. The molecule has 8 heteroatoms. The predicted octanol–water partition coefficient (Wildman–Crippen LogP) is 2.85. The third-order valence-corrected chi connectivity index (χ3v) is 4.27. The van der Waals surface area contributed by atoms with E-state index in [1.807, 2.05) is 35.8 Å². The number of benzene rings is 1. The van der Waals surface area contributed by atoms with Crippen molar-refractivity contribution in [3.05, 3.63) is 54.4 Å². The lowest BCUT2D eigenvalue weighted by Gasteiger charge is -2.17. The van der Waals surface area contributed by atoms with Crippen LogP contribution in [-0.4, -0.2) is 48.6 Å². The summed E-state index contributed by atoms with van der Waals surface area (Å²) in [6, 6.07) is 9.62. The third kappa shape index (κ3) is 4.51. The summed E-state index contributed by atoms with van der Waals surface area (Å²) in [5, 5.41) is 11.3. The topological polar surface area (TPSA) is 88.8 Å². The molecule has 2 heterocycles. The Bertz CT molecular complexity index is 951. The maximum absolute atomic E-state index is 12.9. The van der Waals surface area contributed by atoms with Crippen molar-refractivity contribution in [1.82, 2.24) is 29.6 Å². The minimum absolute atomic E-state index is 0.0814. The van der Waals surface area contributed by atoms with Gasteiger partial charge in [0.2, 0.25) is 0 Å². The largest absolute Gasteiger partial charge is 0.368 e. The summed E-state index contributed by atoms with van der Waals surface area (Å²) in [7, 11) is 1.76. The zero-order valence-electron chi connectivity index (χ0n) is 16.6. The molecule has 0 atom stereocenters. The van der Waals surface area contributed by atoms with E-state index in [0.717, 1.165) is 29.4 Å². The summed E-state index contributed by atoms with van der Waals surface area (Å²) in [5.41, 5.74) is 2.23. The van der Waals surface area contributed by atoms with Gasteiger partial charge in [0.05, 0.1) is 12.2 Å². The number of nitrogens with zero attached hydrogens (tertiary/aromatic N) is 6. The number of aromatic nitrogens is 5. The first-order valence-corrected chi connectivity index (χ1v) is 9.29. The molecule has 0 aliphatic rings. The Labute approximate surface area is 164 Å². The van der Waals surface area contributed by atoms with Gasteiger partial charge in [0.15, 0.2) is 5.82 Å². The van der Waals surface area contributed by atoms with Crippen LogP contribution in [0.2, 0.25) is 0 Å². The Morgan fingerprint density at radius 3 is 2.82 bits per heavy atom. The minimum atomic E-state index is -0.0814. The Balaban J connectivity index is 1.80. The second-order valence-corrected chi connectivity index (χ2v) is 6.86. The predicted molar refractivity (Wildman–Crippen MR) is 108 cm³/mol. The van der Waals surface area contributed by atoms with Gasteiger partial charge in [-0.2, -0.15) is 0 Å². The molecule has 28 heavy (non-hydrogen) atoms. The molecule has 3 aromatic rings. The highest BCUT2D eigenvalue weighted by atomic mass is 16.2. The van der Waals surface area contributed by atoms with Gasteiger partial charge in [-0.25, -0.2) is 9.97 Å². The molecule has 0 saturated carbocycles. The van der Waals surface area contributed by atoms with Crippen molar-refractivity contribution in [3.8, 4) is 11.3 Å². The molecule has 0 unspecified atom stereocenters. The zero-order chi connectivity index (χ0) is 20.1. The van der Waals surface area contributed by atoms with E-state index in [4.69, 9.17) is 0 Å². The van der Waals surface area contributed by atoms with Gasteiger partial charge in [0.25, 0.3) is 5.91 Å². The van der Waals surface area contributed by atoms with Crippen molar-refractivity contribution in [1.29, 1.82) is 0 Å². The van der Waals surface area contributed by atoms with Crippen molar-refractivity contribution in [2.45, 2.75) is 39.9 Å². The molecule has 1 amide bonds. The fourth-order valence-electron chi connectivity index (χ4n) is 2.87. The van der Waals surface area contributed by atoms with E-state index in [0.29, 0.717) is 12.1 Å². The fourth-order valence-corrected chi connectivity index (χ4v) is 2.87. The third-order valence-electron chi connectivity index (χ3n) is 4.27. The molecule has 1 N–H and O–H groups in total. The van der Waals surface area contributed by atoms with Gasteiger partial charge in [-0.1, -0.05) is 12.1 Å². The second kappa shape index (κ2) is 8.60. The van der Waals surface area contributed by atoms with Crippen LogP contribution in [0, 0.1) is 0 Å². The van der Waals surface area contributed by atoms with E-state index < -0.39 is 0 Å². The highest BCUT2D eigenvalue weighted by molar-refractivity contribution is 5.95. The summed E-state index contributed by atoms with van der Waals surface area (Å²) < 4.78 is 1.92. The van der Waals surface area contributed by atoms with Crippen LogP contribution in [0.4, 0.5) is 5.82 Å². The number of aryl methyl sites for hydroxylation is 1. The highest BCUT2D eigenvalue weighted by Gasteiger charge is 2.16. The number of amides is 1. The molecule has 0 radical (unpaired) electrons. The summed E-state index contributed by atoms with van der Waals surface area (Å²) >= 11 is 0. The number of rotatable bonds is 7. The number of hydrogen-bond acceptors (Lipinski definition) is 6. The van der Waals surface area contributed by atoms with Crippen LogP contribution in [0.25, 0.3) is 11.3 Å². The molecule has 0 bridgehead atoms. The summed E-state index contributed by atoms with van der Waals surface area (Å²) in [6.45, 7) is 7.28. The number of anilines is 1. The quantitative estimate of drug-likeness (QED) is 0.679. The first-order chi connectivity index (χ1) is 13.5. The number of hydrogen-bond donors (Lipinski definition) is 1. The van der Waals surface area contributed by atoms with Gasteiger partial charge in [0, 0.05) is 36.8 Å². The summed E-state index contributed by atoms with van der Waals surface area (Å²) in [4.78, 5) is 23.1. The van der Waals surface area contributed by atoms with Crippen molar-refractivity contribution in [2.75, 3.05) is 12.4 Å². The molecular weight excluding hydrogens is 354 g/mol. The van der Waals surface area contributed by atoms with E-state index in [2.05, 4.69) is 39.3 Å². The van der Waals surface area contributed by atoms with Crippen LogP contribution in [0.1, 0.15) is 37.0 Å². The fraction of sp³-hybridized carbons (Fsp3) is 0.350. The lowest BCUT2D eigenvalue weighted by Crippen LogP contribution is -2.27. The average Bonchev–Trinajstić information content (AvgIpc) is 3.14. The minimum Gasteiger partial charge on any atom is -0.368 e. The first-order valence-electron chi connectivity index (χ1n) is 9.29. The Kier molecular flexibility index (Phi) is 5.98. The molecule has 0 aliphatic heterocycles. The monoisotopic (exact) mass is 379 g/mol. The van der Waals surface area contributed by atoms with Crippen LogP contribution in [0.3, 0.4) is 0 Å². The highest BCUT2D eigenvalue weighted by Crippen LogP contribution is 2.21. The lowest BCUT2D eigenvalue weighted by molar-refractivity contribution is 0.0780. The van der Waals surface area contributed by atoms with Crippen LogP contribution in [0.5, 0.6) is 0 Å². The molecule has 0 saturated heterocycles. The zero-order valence-corrected chi connectivity index (χ0v) is 16.6. The molecule has 2 aromatic heterocycles. The van der Waals surface area contributed by atoms with E-state index in [-0.39, 0.29) is 11.9 Å². The van der Waals surface area contributed by atoms with Crippen molar-refractivity contribution < 1.29 is 4.79 Å². The van der Waals surface area contributed by atoms with Gasteiger partial charge < -0.3 is 14.8 Å². The van der Waals surface area contributed by atoms with Crippen LogP contribution in [0.15, 0.2) is 43.0 Å². The maximum Gasteiger partial charge on any atom is 0.254 e. The van der Waals surface area contributed by atoms with Crippen LogP contribution >= 0.6 is 0 Å². The Hall–Kier alpha value is -3.29. The lowest BCUT2D eigenvalue weighted by atomic mass is 10.1. The maximum atomic E-state index is 12.9. The molecule has 0 aliphatic carbocycles. The molecule has 146 valence electrons. The molecule has 8 nitrogen and oxygen atoms in total. The van der Waals surface area contributed by atoms with E-state index in [1.165, 1.54) is 6.33 Å². The standard InChI is InChI=1S/C20H25N7O/c1-5-27-13-23-25-19(27)11-26(4)20(28)16-8-6-7-15(9-16)17-10-18(22-12-21-17)24-14(2)3/h6-10,12-14H,5,11H2,1-4H3,(H,21,22,24). The second-order valence-electron chi connectivity index (χ2n) is 6.86. The molecular formula is C20H25N7O. The average molecular weight is 379 g/mol. The summed E-state index contributed by atoms with van der Waals surface area (Å²) in [5.74, 6) is 1.43. The van der Waals surface area contributed by atoms with Gasteiger partial charge in [-0.15, -0.1) is 10.2 Å². The Morgan fingerprint density at radius 2 is 2.07 bits per heavy atom. The van der Waals surface area contributed by atoms with Crippen LogP contribution < -0.4 is 5.32 Å². The smallest absolute Gasteiger partial charge is 0.254 e. The molecule has 3 rings (SSSR count). The van der Waals surface area contributed by atoms with Gasteiger partial charge in [-0.05, 0) is 32.9 Å². The normalized spacial score (nSPS) is 10.9. The van der Waals surface area contributed by atoms with Crippen molar-refractivity contribution in [2.24, 2.45) is 0 Å². The number of carbonyl (C=O) groups excluding carboxylic acids is 1. The van der Waals surface area contributed by atoms with Gasteiger partial charge >= 0.3 is 0 Å². The van der Waals surface area contributed by atoms with Crippen LogP contribution in [-0.2, 0) is 13.1 Å². The van der Waals surface area contributed by atoms with Gasteiger partial charge in [-0.3, -0.25) is 4.79 Å². The molecule has 1 aromatic carbocycles. The SMILES string of the molecule is CCn1cnnc1CN(C)C(=O)c1cccc(-c2cc(NC(C)C)ncn2)c1. The van der Waals surface area contributed by atoms with E-state index in [9.17, 15) is 4.79 Å². The molecule has 0 spiro atoms. The van der Waals surface area contributed by atoms with E-state index >= 15 is 0 Å². The van der Waals surface area contributed by atoms with Crippen molar-refractivity contribution in [3.63, 3.8) is 0 Å².